The number of hydrogen-bond acceptors (Lipinski definition) is 4. The molecule has 1 N–H and O–H groups in total. The minimum atomic E-state index is -0.432. The zero-order valence-corrected chi connectivity index (χ0v) is 8.33. The number of nitrogens with zero attached hydrogens (tertiary/aromatic N) is 3. The van der Waals surface area contributed by atoms with Crippen molar-refractivity contribution in [2.24, 2.45) is 0 Å². The quantitative estimate of drug-likeness (QED) is 0.569. The fourth-order valence-electron chi connectivity index (χ4n) is 2.13. The van der Waals surface area contributed by atoms with E-state index in [-0.39, 0.29) is 11.8 Å². The second-order valence-electron chi connectivity index (χ2n) is 3.93. The molecule has 3 rings (SSSR count). The number of aliphatic hydroxyl groups is 1. The molecule has 1 atom stereocenters. The van der Waals surface area contributed by atoms with Gasteiger partial charge < -0.3 is 9.67 Å². The van der Waals surface area contributed by atoms with Crippen molar-refractivity contribution < 1.29 is 10.0 Å². The summed E-state index contributed by atoms with van der Waals surface area (Å²) in [5.74, 6) is 0.794. The Labute approximate surface area is 90.3 Å². The van der Waals surface area contributed by atoms with Crippen LogP contribution in [0.1, 0.15) is 5.82 Å². The van der Waals surface area contributed by atoms with Gasteiger partial charge in [-0.3, -0.25) is 10.1 Å². The summed E-state index contributed by atoms with van der Waals surface area (Å²) in [5.41, 5.74) is 1.51. The highest BCUT2D eigenvalue weighted by molar-refractivity contribution is 5.79. The molecule has 0 aliphatic carbocycles. The molecule has 0 amide bonds. The van der Waals surface area contributed by atoms with Gasteiger partial charge in [0.1, 0.15) is 5.82 Å². The minimum Gasteiger partial charge on any atom is -0.391 e. The third-order valence-electron chi connectivity index (χ3n) is 2.83. The molecule has 2 aromatic rings. The Balaban J connectivity index is 2.19. The highest BCUT2D eigenvalue weighted by atomic mass is 16.6. The van der Waals surface area contributed by atoms with E-state index >= 15 is 0 Å². The van der Waals surface area contributed by atoms with Crippen molar-refractivity contribution >= 4 is 16.7 Å². The minimum absolute atomic E-state index is 0.0461. The van der Waals surface area contributed by atoms with Crippen molar-refractivity contribution in [2.75, 3.05) is 0 Å². The van der Waals surface area contributed by atoms with Crippen LogP contribution in [0.5, 0.6) is 0 Å². The molecule has 1 aliphatic heterocycles. The van der Waals surface area contributed by atoms with Crippen LogP contribution < -0.4 is 0 Å². The average molecular weight is 219 g/mol. The van der Waals surface area contributed by atoms with Gasteiger partial charge >= 0.3 is 0 Å². The first-order chi connectivity index (χ1) is 7.65. The number of imidazole rings is 1. The normalized spacial score (nSPS) is 18.9. The highest BCUT2D eigenvalue weighted by Gasteiger charge is 2.23. The van der Waals surface area contributed by atoms with E-state index in [2.05, 4.69) is 4.98 Å². The summed E-state index contributed by atoms with van der Waals surface area (Å²) in [6.07, 6.45) is 0.129. The summed E-state index contributed by atoms with van der Waals surface area (Å²) in [4.78, 5) is 14.5. The molecule has 0 fully saturated rings. The molecule has 16 heavy (non-hydrogen) atoms. The summed E-state index contributed by atoms with van der Waals surface area (Å²) in [6.45, 7) is 0.518. The number of fused-ring (bicyclic) bond motifs is 3. The van der Waals surface area contributed by atoms with Crippen LogP contribution >= 0.6 is 0 Å². The number of aliphatic hydroxyl groups excluding tert-OH is 1. The van der Waals surface area contributed by atoms with E-state index in [0.717, 1.165) is 11.3 Å². The largest absolute Gasteiger partial charge is 0.391 e. The SMILES string of the molecule is O=[N+]([O-])c1ccc2c(c1)nc1n2CC(O)C1. The van der Waals surface area contributed by atoms with E-state index in [1.165, 1.54) is 12.1 Å². The number of rotatable bonds is 1. The topological polar surface area (TPSA) is 81.2 Å². The Morgan fingerprint density at radius 2 is 2.38 bits per heavy atom. The lowest BCUT2D eigenvalue weighted by molar-refractivity contribution is -0.384. The Morgan fingerprint density at radius 3 is 3.12 bits per heavy atom. The smallest absolute Gasteiger partial charge is 0.271 e. The summed E-state index contributed by atoms with van der Waals surface area (Å²) >= 11 is 0. The number of aromatic nitrogens is 2. The van der Waals surface area contributed by atoms with Crippen molar-refractivity contribution in [1.82, 2.24) is 9.55 Å². The number of benzene rings is 1. The van der Waals surface area contributed by atoms with E-state index in [1.807, 2.05) is 4.57 Å². The lowest BCUT2D eigenvalue weighted by Gasteiger charge is -2.00. The third-order valence-corrected chi connectivity index (χ3v) is 2.83. The van der Waals surface area contributed by atoms with E-state index in [4.69, 9.17) is 0 Å². The van der Waals surface area contributed by atoms with Gasteiger partial charge in [-0.05, 0) is 6.07 Å². The Kier molecular flexibility index (Phi) is 1.75. The van der Waals surface area contributed by atoms with Gasteiger partial charge in [0.2, 0.25) is 0 Å². The lowest BCUT2D eigenvalue weighted by atomic mass is 10.2. The van der Waals surface area contributed by atoms with Crippen molar-refractivity contribution in [1.29, 1.82) is 0 Å². The fraction of sp³-hybridized carbons (Fsp3) is 0.300. The van der Waals surface area contributed by atoms with Crippen molar-refractivity contribution in [3.05, 3.63) is 34.1 Å². The van der Waals surface area contributed by atoms with Crippen molar-refractivity contribution in [2.45, 2.75) is 19.1 Å². The summed E-state index contributed by atoms with van der Waals surface area (Å²) in [6, 6.07) is 4.61. The monoisotopic (exact) mass is 219 g/mol. The predicted octanol–water partition coefficient (Wildman–Crippen LogP) is 0.861. The summed E-state index contributed by atoms with van der Waals surface area (Å²) < 4.78 is 1.91. The Hall–Kier alpha value is -1.95. The molecule has 6 nitrogen and oxygen atoms in total. The highest BCUT2D eigenvalue weighted by Crippen LogP contribution is 2.25. The molecule has 6 heteroatoms. The first-order valence-corrected chi connectivity index (χ1v) is 4.97. The molecule has 1 aliphatic rings. The molecule has 0 saturated carbocycles. The number of nitro groups is 1. The molecule has 1 aromatic heterocycles. The van der Waals surface area contributed by atoms with Gasteiger partial charge in [-0.15, -0.1) is 0 Å². The van der Waals surface area contributed by atoms with E-state index in [9.17, 15) is 15.2 Å². The van der Waals surface area contributed by atoms with E-state index in [1.54, 1.807) is 6.07 Å². The number of hydrogen-bond donors (Lipinski definition) is 1. The van der Waals surface area contributed by atoms with E-state index < -0.39 is 4.92 Å². The van der Waals surface area contributed by atoms with Gasteiger partial charge in [-0.1, -0.05) is 0 Å². The van der Waals surface area contributed by atoms with Crippen LogP contribution in [-0.2, 0) is 13.0 Å². The van der Waals surface area contributed by atoms with E-state index in [0.29, 0.717) is 18.5 Å². The second kappa shape index (κ2) is 3.02. The summed E-state index contributed by atoms with van der Waals surface area (Å²) in [5, 5.41) is 20.1. The van der Waals surface area contributed by atoms with Gasteiger partial charge in [-0.25, -0.2) is 4.98 Å². The van der Waals surface area contributed by atoms with Gasteiger partial charge in [0.05, 0.1) is 28.6 Å². The molecule has 2 heterocycles. The van der Waals surface area contributed by atoms with Crippen LogP contribution in [0.3, 0.4) is 0 Å². The van der Waals surface area contributed by atoms with Gasteiger partial charge in [0.15, 0.2) is 0 Å². The van der Waals surface area contributed by atoms with Gasteiger partial charge in [0, 0.05) is 18.6 Å². The Bertz CT molecular complexity index is 590. The van der Waals surface area contributed by atoms with Crippen molar-refractivity contribution in [3.63, 3.8) is 0 Å². The maximum absolute atomic E-state index is 10.6. The molecule has 82 valence electrons. The average Bonchev–Trinajstić information content (AvgIpc) is 2.72. The van der Waals surface area contributed by atoms with Crippen LogP contribution in [-0.4, -0.2) is 25.7 Å². The zero-order valence-electron chi connectivity index (χ0n) is 8.33. The molecular formula is C10H9N3O3. The molecular weight excluding hydrogens is 210 g/mol. The van der Waals surface area contributed by atoms with Crippen LogP contribution in [0.25, 0.3) is 11.0 Å². The first-order valence-electron chi connectivity index (χ1n) is 4.97. The van der Waals surface area contributed by atoms with Crippen LogP contribution in [0.15, 0.2) is 18.2 Å². The molecule has 0 spiro atoms. The van der Waals surface area contributed by atoms with Crippen molar-refractivity contribution in [3.8, 4) is 0 Å². The summed E-state index contributed by atoms with van der Waals surface area (Å²) in [7, 11) is 0. The maximum atomic E-state index is 10.6. The maximum Gasteiger partial charge on any atom is 0.271 e. The Morgan fingerprint density at radius 1 is 1.56 bits per heavy atom. The molecule has 0 saturated heterocycles. The first kappa shape index (κ1) is 9.29. The van der Waals surface area contributed by atoms with Gasteiger partial charge in [-0.2, -0.15) is 0 Å². The van der Waals surface area contributed by atoms with Crippen LogP contribution in [0.2, 0.25) is 0 Å². The molecule has 1 aromatic carbocycles. The second-order valence-corrected chi connectivity index (χ2v) is 3.93. The number of nitro benzene ring substituents is 1. The van der Waals surface area contributed by atoms with Crippen LogP contribution in [0.4, 0.5) is 5.69 Å². The zero-order chi connectivity index (χ0) is 11.3. The third kappa shape index (κ3) is 1.20. The fourth-order valence-corrected chi connectivity index (χ4v) is 2.13. The predicted molar refractivity (Wildman–Crippen MR) is 56.1 cm³/mol. The molecule has 1 unspecified atom stereocenters. The lowest BCUT2D eigenvalue weighted by Crippen LogP contribution is -2.07. The van der Waals surface area contributed by atoms with Gasteiger partial charge in [0.25, 0.3) is 5.69 Å². The van der Waals surface area contributed by atoms with Crippen LogP contribution in [0, 0.1) is 10.1 Å². The molecule has 0 bridgehead atoms. The molecule has 0 radical (unpaired) electrons. The standard InChI is InChI=1S/C10H9N3O3/c14-7-4-10-11-8-3-6(13(15)16)1-2-9(8)12(10)5-7/h1-3,7,14H,4-5H2. The number of non-ortho nitro benzene ring substituents is 1.